The van der Waals surface area contributed by atoms with E-state index in [9.17, 15) is 0 Å². The molecule has 1 fully saturated rings. The highest BCUT2D eigenvalue weighted by Gasteiger charge is 2.14. The Hall–Kier alpha value is -0.370. The molecule has 23 heavy (non-hydrogen) atoms. The Bertz CT molecular complexity index is 467. The average Bonchev–Trinajstić information content (AvgIpc) is 3.18. The lowest BCUT2D eigenvalue weighted by atomic mass is 10.0. The Morgan fingerprint density at radius 2 is 2.09 bits per heavy atom. The van der Waals surface area contributed by atoms with E-state index in [0.29, 0.717) is 5.92 Å². The van der Waals surface area contributed by atoms with Gasteiger partial charge in [0.1, 0.15) is 5.01 Å². The minimum Gasteiger partial charge on any atom is -0.356 e. The number of aromatic nitrogens is 1. The Labute approximate surface area is 162 Å². The second-order valence-electron chi connectivity index (χ2n) is 6.47. The lowest BCUT2D eigenvalue weighted by molar-refractivity contribution is 0.481. The van der Waals surface area contributed by atoms with E-state index >= 15 is 0 Å². The molecule has 2 rings (SSSR count). The first-order valence-corrected chi connectivity index (χ1v) is 9.45. The highest BCUT2D eigenvalue weighted by molar-refractivity contribution is 14.0. The molecule has 0 aliphatic heterocycles. The summed E-state index contributed by atoms with van der Waals surface area (Å²) in [4.78, 5) is 8.92. The quantitative estimate of drug-likeness (QED) is 0.278. The van der Waals surface area contributed by atoms with Crippen LogP contribution in [0, 0.1) is 5.92 Å². The van der Waals surface area contributed by atoms with Gasteiger partial charge in [0.25, 0.3) is 0 Å². The number of thiazole rings is 1. The van der Waals surface area contributed by atoms with Gasteiger partial charge in [-0.15, -0.1) is 35.3 Å². The van der Waals surface area contributed by atoms with Crippen molar-refractivity contribution < 1.29 is 0 Å². The molecule has 1 aliphatic rings. The first-order chi connectivity index (χ1) is 10.7. The van der Waals surface area contributed by atoms with E-state index in [-0.39, 0.29) is 24.0 Å². The molecule has 0 saturated heterocycles. The van der Waals surface area contributed by atoms with Crippen LogP contribution in [0.5, 0.6) is 0 Å². The molecule has 0 amide bonds. The van der Waals surface area contributed by atoms with Crippen molar-refractivity contribution in [3.8, 4) is 0 Å². The van der Waals surface area contributed by atoms with Gasteiger partial charge < -0.3 is 10.6 Å². The summed E-state index contributed by atoms with van der Waals surface area (Å²) < 4.78 is 0. The van der Waals surface area contributed by atoms with E-state index in [4.69, 9.17) is 0 Å². The first kappa shape index (κ1) is 20.7. The van der Waals surface area contributed by atoms with Gasteiger partial charge in [-0.25, -0.2) is 4.98 Å². The topological polar surface area (TPSA) is 49.3 Å². The lowest BCUT2D eigenvalue weighted by Crippen LogP contribution is -2.37. The maximum Gasteiger partial charge on any atom is 0.191 e. The predicted molar refractivity (Wildman–Crippen MR) is 111 cm³/mol. The molecule has 0 radical (unpaired) electrons. The maximum absolute atomic E-state index is 4.64. The molecule has 1 aliphatic carbocycles. The second kappa shape index (κ2) is 11.2. The third-order valence-corrected chi connectivity index (χ3v) is 5.22. The zero-order chi connectivity index (χ0) is 15.8. The van der Waals surface area contributed by atoms with E-state index < -0.39 is 0 Å². The summed E-state index contributed by atoms with van der Waals surface area (Å²) in [5, 5.41) is 10.0. The minimum absolute atomic E-state index is 0. The smallest absolute Gasteiger partial charge is 0.191 e. The highest BCUT2D eigenvalue weighted by atomic mass is 127. The summed E-state index contributed by atoms with van der Waals surface area (Å²) in [6.07, 6.45) is 8.35. The molecule has 0 unspecified atom stereocenters. The molecule has 1 heterocycles. The molecule has 0 spiro atoms. The van der Waals surface area contributed by atoms with Crippen LogP contribution >= 0.6 is 35.3 Å². The normalized spacial score (nSPS) is 15.7. The van der Waals surface area contributed by atoms with Gasteiger partial charge in [0, 0.05) is 19.0 Å². The molecule has 132 valence electrons. The minimum atomic E-state index is 0. The molecule has 0 bridgehead atoms. The van der Waals surface area contributed by atoms with Crippen LogP contribution in [0.3, 0.4) is 0 Å². The van der Waals surface area contributed by atoms with Crippen molar-refractivity contribution in [3.05, 3.63) is 16.1 Å². The summed E-state index contributed by atoms with van der Waals surface area (Å²) in [6.45, 7) is 6.11. The Morgan fingerprint density at radius 3 is 2.70 bits per heavy atom. The number of nitrogens with zero attached hydrogens (tertiary/aromatic N) is 2. The molecule has 2 N–H and O–H groups in total. The zero-order valence-corrected chi connectivity index (χ0v) is 17.7. The van der Waals surface area contributed by atoms with Gasteiger partial charge in [-0.1, -0.05) is 39.5 Å². The standard InChI is InChI=1S/C17H30N4S.HI/c1-13(2)15-12-22-16(21-15)11-20-17(18-3)19-10-6-9-14-7-4-5-8-14;/h12-14H,4-11H2,1-3H3,(H2,18,19,20);1H. The third kappa shape index (κ3) is 7.37. The van der Waals surface area contributed by atoms with E-state index in [0.717, 1.165) is 30.0 Å². The van der Waals surface area contributed by atoms with Crippen molar-refractivity contribution in [2.75, 3.05) is 13.6 Å². The first-order valence-electron chi connectivity index (χ1n) is 8.58. The van der Waals surface area contributed by atoms with E-state index in [2.05, 4.69) is 39.8 Å². The molecule has 1 aromatic rings. The van der Waals surface area contributed by atoms with Gasteiger partial charge in [0.05, 0.1) is 12.2 Å². The molecule has 6 heteroatoms. The van der Waals surface area contributed by atoms with Crippen molar-refractivity contribution in [1.29, 1.82) is 0 Å². The second-order valence-corrected chi connectivity index (χ2v) is 7.41. The van der Waals surface area contributed by atoms with Crippen molar-refractivity contribution in [3.63, 3.8) is 0 Å². The van der Waals surface area contributed by atoms with Gasteiger partial charge >= 0.3 is 0 Å². The number of guanidine groups is 1. The number of rotatable bonds is 7. The van der Waals surface area contributed by atoms with Crippen LogP contribution < -0.4 is 10.6 Å². The van der Waals surface area contributed by atoms with Crippen molar-refractivity contribution in [2.24, 2.45) is 10.9 Å². The molecule has 1 saturated carbocycles. The lowest BCUT2D eigenvalue weighted by Gasteiger charge is -2.12. The largest absolute Gasteiger partial charge is 0.356 e. The molecule has 0 atom stereocenters. The van der Waals surface area contributed by atoms with E-state index in [1.54, 1.807) is 11.3 Å². The summed E-state index contributed by atoms with van der Waals surface area (Å²) in [6, 6.07) is 0. The van der Waals surface area contributed by atoms with Crippen LogP contribution in [0.2, 0.25) is 0 Å². The number of nitrogens with one attached hydrogen (secondary N) is 2. The molecular formula is C17H31IN4S. The van der Waals surface area contributed by atoms with Crippen molar-refractivity contribution in [1.82, 2.24) is 15.6 Å². The fraction of sp³-hybridized carbons (Fsp3) is 0.765. The van der Waals surface area contributed by atoms with Crippen LogP contribution in [0.4, 0.5) is 0 Å². The monoisotopic (exact) mass is 450 g/mol. The van der Waals surface area contributed by atoms with Crippen LogP contribution in [0.1, 0.15) is 69.0 Å². The fourth-order valence-electron chi connectivity index (χ4n) is 2.95. The maximum atomic E-state index is 4.64. The Balaban J connectivity index is 0.00000264. The number of hydrogen-bond donors (Lipinski definition) is 2. The predicted octanol–water partition coefficient (Wildman–Crippen LogP) is 4.52. The van der Waals surface area contributed by atoms with Crippen LogP contribution in [-0.2, 0) is 6.54 Å². The zero-order valence-electron chi connectivity index (χ0n) is 14.6. The van der Waals surface area contributed by atoms with Gasteiger partial charge in [-0.05, 0) is 24.7 Å². The summed E-state index contributed by atoms with van der Waals surface area (Å²) in [5.41, 5.74) is 1.18. The SMILES string of the molecule is CN=C(NCCCC1CCCC1)NCc1nc(C(C)C)cs1.I. The fourth-order valence-corrected chi connectivity index (χ4v) is 3.84. The van der Waals surface area contributed by atoms with Crippen molar-refractivity contribution >= 4 is 41.3 Å². The van der Waals surface area contributed by atoms with E-state index in [1.807, 2.05) is 7.05 Å². The summed E-state index contributed by atoms with van der Waals surface area (Å²) in [5.74, 6) is 2.35. The number of halogens is 1. The van der Waals surface area contributed by atoms with E-state index in [1.165, 1.54) is 44.2 Å². The van der Waals surface area contributed by atoms with Gasteiger partial charge in [0.2, 0.25) is 0 Å². The van der Waals surface area contributed by atoms with Gasteiger partial charge in [0.15, 0.2) is 5.96 Å². The van der Waals surface area contributed by atoms with Crippen LogP contribution in [0.15, 0.2) is 10.4 Å². The highest BCUT2D eigenvalue weighted by Crippen LogP contribution is 2.28. The molecule has 1 aromatic heterocycles. The van der Waals surface area contributed by atoms with Crippen LogP contribution in [0.25, 0.3) is 0 Å². The molecule has 4 nitrogen and oxygen atoms in total. The molecular weight excluding hydrogens is 419 g/mol. The number of hydrogen-bond acceptors (Lipinski definition) is 3. The molecule has 0 aromatic carbocycles. The average molecular weight is 450 g/mol. The van der Waals surface area contributed by atoms with Gasteiger partial charge in [-0.3, -0.25) is 4.99 Å². The number of aliphatic imine (C=N–C) groups is 1. The third-order valence-electron chi connectivity index (χ3n) is 4.35. The van der Waals surface area contributed by atoms with Gasteiger partial charge in [-0.2, -0.15) is 0 Å². The van der Waals surface area contributed by atoms with Crippen molar-refractivity contribution in [2.45, 2.75) is 64.8 Å². The van der Waals surface area contributed by atoms with Crippen LogP contribution in [-0.4, -0.2) is 24.5 Å². The summed E-state index contributed by atoms with van der Waals surface area (Å²) >= 11 is 1.72. The summed E-state index contributed by atoms with van der Waals surface area (Å²) in [7, 11) is 1.83. The Morgan fingerprint density at radius 1 is 1.35 bits per heavy atom. The Kier molecular flexibility index (Phi) is 10.1.